The summed E-state index contributed by atoms with van der Waals surface area (Å²) in [7, 11) is -3.84. The van der Waals surface area contributed by atoms with Crippen LogP contribution in [0.4, 0.5) is 0 Å². The fourth-order valence-corrected chi connectivity index (χ4v) is 3.66. The van der Waals surface area contributed by atoms with E-state index in [1.165, 1.54) is 6.07 Å². The van der Waals surface area contributed by atoms with Gasteiger partial charge >= 0.3 is 0 Å². The molecule has 0 aliphatic carbocycles. The molecule has 23 heavy (non-hydrogen) atoms. The van der Waals surface area contributed by atoms with E-state index in [1.54, 1.807) is 19.9 Å². The molecule has 1 saturated heterocycles. The second-order valence-corrected chi connectivity index (χ2v) is 7.54. The lowest BCUT2D eigenvalue weighted by Crippen LogP contribution is -2.46. The number of halogens is 1. The molecular formula is C15H24ClN3O3S. The van der Waals surface area contributed by atoms with E-state index in [0.29, 0.717) is 17.2 Å². The molecule has 1 amide bonds. The number of primary sulfonamides is 1. The van der Waals surface area contributed by atoms with Crippen molar-refractivity contribution in [1.29, 1.82) is 0 Å². The van der Waals surface area contributed by atoms with Crippen LogP contribution in [0.5, 0.6) is 0 Å². The van der Waals surface area contributed by atoms with E-state index in [2.05, 4.69) is 17.6 Å². The second-order valence-electron chi connectivity index (χ2n) is 6.01. The minimum absolute atomic E-state index is 0. The summed E-state index contributed by atoms with van der Waals surface area (Å²) in [6.45, 7) is 6.40. The van der Waals surface area contributed by atoms with E-state index < -0.39 is 10.0 Å². The molecule has 8 heteroatoms. The summed E-state index contributed by atoms with van der Waals surface area (Å²) < 4.78 is 23.3. The Bertz CT molecular complexity index is 691. The number of hydrogen-bond donors (Lipinski definition) is 3. The number of sulfonamides is 1. The third-order valence-corrected chi connectivity index (χ3v) is 5.18. The first kappa shape index (κ1) is 19.9. The molecule has 2 unspecified atom stereocenters. The normalized spacial score (nSPS) is 21.4. The Hall–Kier alpha value is -1.15. The molecule has 0 radical (unpaired) electrons. The number of rotatable bonds is 3. The van der Waals surface area contributed by atoms with E-state index in [-0.39, 0.29) is 29.3 Å². The van der Waals surface area contributed by atoms with Crippen molar-refractivity contribution < 1.29 is 13.2 Å². The number of aryl methyl sites for hydroxylation is 1. The van der Waals surface area contributed by atoms with Gasteiger partial charge in [0.15, 0.2) is 0 Å². The summed E-state index contributed by atoms with van der Waals surface area (Å²) in [4.78, 5) is 12.4. The van der Waals surface area contributed by atoms with Crippen molar-refractivity contribution >= 4 is 28.3 Å². The molecule has 130 valence electrons. The summed E-state index contributed by atoms with van der Waals surface area (Å²) in [5.41, 5.74) is 1.64. The van der Waals surface area contributed by atoms with Gasteiger partial charge in [0.25, 0.3) is 5.91 Å². The van der Waals surface area contributed by atoms with Crippen LogP contribution in [-0.2, 0) is 10.0 Å². The van der Waals surface area contributed by atoms with Gasteiger partial charge < -0.3 is 10.6 Å². The maximum atomic E-state index is 12.4. The third kappa shape index (κ3) is 4.91. The zero-order valence-corrected chi connectivity index (χ0v) is 15.2. The summed E-state index contributed by atoms with van der Waals surface area (Å²) in [5, 5.41) is 11.5. The molecule has 2 atom stereocenters. The quantitative estimate of drug-likeness (QED) is 0.753. The molecule has 0 saturated carbocycles. The molecular weight excluding hydrogens is 338 g/mol. The van der Waals surface area contributed by atoms with Gasteiger partial charge in [-0.3, -0.25) is 4.79 Å². The van der Waals surface area contributed by atoms with Gasteiger partial charge in [-0.05, 0) is 63.4 Å². The Morgan fingerprint density at radius 3 is 2.57 bits per heavy atom. The molecule has 0 spiro atoms. The van der Waals surface area contributed by atoms with Crippen LogP contribution in [0.25, 0.3) is 0 Å². The van der Waals surface area contributed by atoms with Gasteiger partial charge in [0, 0.05) is 17.6 Å². The fourth-order valence-electron chi connectivity index (χ4n) is 2.79. The van der Waals surface area contributed by atoms with E-state index in [1.807, 2.05) is 0 Å². The number of benzene rings is 1. The topological polar surface area (TPSA) is 101 Å². The van der Waals surface area contributed by atoms with Crippen LogP contribution < -0.4 is 15.8 Å². The number of piperidine rings is 1. The summed E-state index contributed by atoms with van der Waals surface area (Å²) >= 11 is 0. The second kappa shape index (κ2) is 7.61. The van der Waals surface area contributed by atoms with Gasteiger partial charge in [0.05, 0.1) is 4.90 Å². The molecule has 1 heterocycles. The predicted molar refractivity (Wildman–Crippen MR) is 92.5 cm³/mol. The molecule has 1 fully saturated rings. The Balaban J connectivity index is 0.00000264. The lowest BCUT2D eigenvalue weighted by atomic mass is 9.99. The van der Waals surface area contributed by atoms with Gasteiger partial charge in [-0.1, -0.05) is 0 Å². The Morgan fingerprint density at radius 1 is 1.35 bits per heavy atom. The van der Waals surface area contributed by atoms with Crippen molar-refractivity contribution in [3.63, 3.8) is 0 Å². The van der Waals surface area contributed by atoms with Crippen LogP contribution >= 0.6 is 12.4 Å². The van der Waals surface area contributed by atoms with Gasteiger partial charge in [-0.25, -0.2) is 13.6 Å². The van der Waals surface area contributed by atoms with E-state index in [9.17, 15) is 13.2 Å². The van der Waals surface area contributed by atoms with Crippen LogP contribution in [0, 0.1) is 13.8 Å². The highest BCUT2D eigenvalue weighted by molar-refractivity contribution is 7.89. The van der Waals surface area contributed by atoms with Crippen molar-refractivity contribution in [3.8, 4) is 0 Å². The number of nitrogens with two attached hydrogens (primary N) is 1. The summed E-state index contributed by atoms with van der Waals surface area (Å²) in [6, 6.07) is 3.52. The average molecular weight is 362 g/mol. The Labute approximate surface area is 143 Å². The smallest absolute Gasteiger partial charge is 0.251 e. The third-order valence-electron chi connectivity index (χ3n) is 4.15. The van der Waals surface area contributed by atoms with Crippen molar-refractivity contribution in [1.82, 2.24) is 10.6 Å². The number of amides is 1. The highest BCUT2D eigenvalue weighted by Crippen LogP contribution is 2.20. The monoisotopic (exact) mass is 361 g/mol. The van der Waals surface area contributed by atoms with Gasteiger partial charge in [0.1, 0.15) is 0 Å². The Kier molecular flexibility index (Phi) is 6.59. The van der Waals surface area contributed by atoms with Crippen molar-refractivity contribution in [3.05, 3.63) is 28.8 Å². The number of carbonyl (C=O) groups excluding carboxylic acids is 1. The first-order valence-electron chi connectivity index (χ1n) is 7.36. The summed E-state index contributed by atoms with van der Waals surface area (Å²) in [6.07, 6.45) is 1.72. The van der Waals surface area contributed by atoms with Crippen LogP contribution in [0.2, 0.25) is 0 Å². The number of carbonyl (C=O) groups is 1. The number of nitrogens with one attached hydrogen (secondary N) is 2. The van der Waals surface area contributed by atoms with Crippen LogP contribution in [0.15, 0.2) is 17.0 Å². The fraction of sp³-hybridized carbons (Fsp3) is 0.533. The molecule has 1 aromatic carbocycles. The van der Waals surface area contributed by atoms with E-state index in [4.69, 9.17) is 5.14 Å². The zero-order valence-electron chi connectivity index (χ0n) is 13.5. The van der Waals surface area contributed by atoms with Crippen molar-refractivity contribution in [2.75, 3.05) is 6.54 Å². The zero-order chi connectivity index (χ0) is 16.5. The standard InChI is InChI=1S/C15H23N3O3S.ClH/c1-9-6-12(8-14(11(9)3)22(16,20)21)15(19)18-13-4-5-17-10(2)7-13;/h6,8,10,13,17H,4-5,7H2,1-3H3,(H,18,19)(H2,16,20,21);1H. The first-order valence-corrected chi connectivity index (χ1v) is 8.91. The average Bonchev–Trinajstić information content (AvgIpc) is 2.40. The number of hydrogen-bond acceptors (Lipinski definition) is 4. The summed E-state index contributed by atoms with van der Waals surface area (Å²) in [5.74, 6) is -0.257. The largest absolute Gasteiger partial charge is 0.349 e. The molecule has 2 rings (SSSR count). The molecule has 0 aromatic heterocycles. The minimum Gasteiger partial charge on any atom is -0.349 e. The molecule has 0 bridgehead atoms. The molecule has 1 aliphatic heterocycles. The lowest BCUT2D eigenvalue weighted by molar-refractivity contribution is 0.0925. The molecule has 6 nitrogen and oxygen atoms in total. The SMILES string of the molecule is Cc1cc(C(=O)NC2CCNC(C)C2)cc(S(N)(=O)=O)c1C.Cl. The Morgan fingerprint density at radius 2 is 2.00 bits per heavy atom. The van der Waals surface area contributed by atoms with Gasteiger partial charge in [0.2, 0.25) is 10.0 Å². The van der Waals surface area contributed by atoms with Crippen molar-refractivity contribution in [2.24, 2.45) is 5.14 Å². The molecule has 4 N–H and O–H groups in total. The predicted octanol–water partition coefficient (Wildman–Crippen LogP) is 1.24. The van der Waals surface area contributed by atoms with Crippen LogP contribution in [0.1, 0.15) is 41.3 Å². The highest BCUT2D eigenvalue weighted by atomic mass is 35.5. The maximum Gasteiger partial charge on any atom is 0.251 e. The van der Waals surface area contributed by atoms with E-state index in [0.717, 1.165) is 24.9 Å². The van der Waals surface area contributed by atoms with Crippen LogP contribution in [0.3, 0.4) is 0 Å². The van der Waals surface area contributed by atoms with E-state index >= 15 is 0 Å². The minimum atomic E-state index is -3.84. The van der Waals surface area contributed by atoms with Crippen molar-refractivity contribution in [2.45, 2.75) is 50.6 Å². The first-order chi connectivity index (χ1) is 10.2. The lowest BCUT2D eigenvalue weighted by Gasteiger charge is -2.28. The molecule has 1 aromatic rings. The molecule has 1 aliphatic rings. The van der Waals surface area contributed by atoms with Crippen LogP contribution in [-0.4, -0.2) is 33.0 Å². The van der Waals surface area contributed by atoms with Gasteiger partial charge in [-0.15, -0.1) is 12.4 Å². The maximum absolute atomic E-state index is 12.4. The highest BCUT2D eigenvalue weighted by Gasteiger charge is 2.22. The van der Waals surface area contributed by atoms with Gasteiger partial charge in [-0.2, -0.15) is 0 Å².